The first-order valence-corrected chi connectivity index (χ1v) is 14.1. The van der Waals surface area contributed by atoms with Crippen molar-refractivity contribution < 1.29 is 25.9 Å². The molecule has 0 fully saturated rings. The van der Waals surface area contributed by atoms with Gasteiger partial charge in [-0.2, -0.15) is 0 Å². The molecule has 0 aliphatic carbocycles. The molecule has 0 radical (unpaired) electrons. The SMILES string of the molecule is O=C(O)c1[c]([Cu])ccc2c3nc4nc(nc5[nH]c(nc6nc(nc([nH]3)c12)-c1ccccc1-6)c1ccccc51)-c1ccccc1-4. The Labute approximate surface area is 255 Å². The molecule has 212 valence electrons. The van der Waals surface area contributed by atoms with E-state index in [2.05, 4.69) is 9.97 Å². The van der Waals surface area contributed by atoms with Gasteiger partial charge in [0.2, 0.25) is 0 Å². The summed E-state index contributed by atoms with van der Waals surface area (Å²) < 4.78 is 0.175. The van der Waals surface area contributed by atoms with Crippen LogP contribution < -0.4 is 4.46 Å². The summed E-state index contributed by atoms with van der Waals surface area (Å²) in [4.78, 5) is 48.6. The minimum atomic E-state index is -1.16. The van der Waals surface area contributed by atoms with Crippen molar-refractivity contribution in [1.82, 2.24) is 39.9 Å². The Hall–Kier alpha value is -5.77. The number of aromatic carboxylic acids is 1. The summed E-state index contributed by atoms with van der Waals surface area (Å²) in [5.74, 6) is 0.602. The topological polar surface area (TPSA) is 146 Å². The molecule has 3 aromatic heterocycles. The quantitative estimate of drug-likeness (QED) is 0.197. The van der Waals surface area contributed by atoms with Gasteiger partial charge in [-0.05, 0) is 0 Å². The van der Waals surface area contributed by atoms with Gasteiger partial charge in [0.15, 0.2) is 0 Å². The molecule has 0 atom stereocenters. The Morgan fingerprint density at radius 2 is 0.932 bits per heavy atom. The van der Waals surface area contributed by atoms with Crippen molar-refractivity contribution in [1.29, 1.82) is 0 Å². The molecule has 0 saturated carbocycles. The number of hydrogen-bond acceptors (Lipinski definition) is 7. The first-order valence-electron chi connectivity index (χ1n) is 13.7. The maximum absolute atomic E-state index is 12.5. The van der Waals surface area contributed by atoms with Gasteiger partial charge < -0.3 is 0 Å². The summed E-state index contributed by atoms with van der Waals surface area (Å²) in [6.07, 6.45) is 0. The minimum absolute atomic E-state index is 0.0428. The summed E-state index contributed by atoms with van der Waals surface area (Å²) in [6.45, 7) is 0. The molecule has 0 amide bonds. The number of aromatic amines is 2. The van der Waals surface area contributed by atoms with E-state index >= 15 is 0 Å². The number of hydrogen-bond donors (Lipinski definition) is 3. The van der Waals surface area contributed by atoms with Crippen molar-refractivity contribution in [3.8, 4) is 45.6 Å². The van der Waals surface area contributed by atoms with Crippen molar-refractivity contribution >= 4 is 54.6 Å². The Kier molecular flexibility index (Phi) is 5.13. The zero-order chi connectivity index (χ0) is 29.5. The molecule has 44 heavy (non-hydrogen) atoms. The number of benzene rings is 4. The predicted molar refractivity (Wildman–Crippen MR) is 163 cm³/mol. The van der Waals surface area contributed by atoms with Crippen LogP contribution in [0.25, 0.3) is 89.7 Å². The molecule has 0 spiro atoms. The van der Waals surface area contributed by atoms with Gasteiger partial charge in [-0.3, -0.25) is 0 Å². The fourth-order valence-corrected chi connectivity index (χ4v) is 6.19. The fourth-order valence-electron chi connectivity index (χ4n) is 5.89. The average molecular weight is 621 g/mol. The van der Waals surface area contributed by atoms with Crippen LogP contribution >= 0.6 is 0 Å². The number of nitrogens with one attached hydrogen (secondary N) is 2. The van der Waals surface area contributed by atoms with E-state index in [0.29, 0.717) is 51.0 Å². The van der Waals surface area contributed by atoms with Crippen LogP contribution in [0.1, 0.15) is 10.4 Å². The molecule has 2 aliphatic rings. The molecule has 5 heterocycles. The Bertz CT molecular complexity index is 2570. The van der Waals surface area contributed by atoms with Gasteiger partial charge in [0.25, 0.3) is 0 Å². The van der Waals surface area contributed by atoms with Crippen LogP contribution in [-0.2, 0) is 16.0 Å². The van der Waals surface area contributed by atoms with E-state index in [-0.39, 0.29) is 15.7 Å². The van der Waals surface area contributed by atoms with Crippen molar-refractivity contribution in [3.63, 3.8) is 0 Å². The molecular formula is C33H17CuN8O2. The van der Waals surface area contributed by atoms with Crippen LogP contribution in [-0.4, -0.2) is 50.9 Å². The summed E-state index contributed by atoms with van der Waals surface area (Å²) >= 11 is 5.64. The van der Waals surface area contributed by atoms with Crippen LogP contribution in [0, 0.1) is 0 Å². The number of H-pyrrole nitrogens is 2. The zero-order valence-corrected chi connectivity index (χ0v) is 23.4. The third kappa shape index (κ3) is 3.57. The van der Waals surface area contributed by atoms with Gasteiger partial charge in [-0.1, -0.05) is 18.2 Å². The van der Waals surface area contributed by atoms with Crippen molar-refractivity contribution in [3.05, 3.63) is 90.5 Å². The zero-order valence-electron chi connectivity index (χ0n) is 22.4. The summed E-state index contributed by atoms with van der Waals surface area (Å²) in [6, 6.07) is 26.6. The summed E-state index contributed by atoms with van der Waals surface area (Å²) in [5, 5.41) is 12.9. The number of nitrogens with zero attached hydrogens (tertiary/aromatic N) is 6. The van der Waals surface area contributed by atoms with Crippen molar-refractivity contribution in [2.75, 3.05) is 0 Å². The Morgan fingerprint density at radius 3 is 1.41 bits per heavy atom. The van der Waals surface area contributed by atoms with Gasteiger partial charge in [-0.15, -0.1) is 0 Å². The van der Waals surface area contributed by atoms with E-state index in [9.17, 15) is 9.90 Å². The Morgan fingerprint density at radius 1 is 0.523 bits per heavy atom. The number of aromatic nitrogens is 8. The van der Waals surface area contributed by atoms with Gasteiger partial charge in [0.1, 0.15) is 0 Å². The van der Waals surface area contributed by atoms with E-state index < -0.39 is 5.97 Å². The number of fused-ring (bicyclic) bond motifs is 20. The second kappa shape index (κ2) is 9.11. The molecule has 10 nitrogen and oxygen atoms in total. The van der Waals surface area contributed by atoms with E-state index in [1.807, 2.05) is 72.8 Å². The molecule has 3 N–H and O–H groups in total. The van der Waals surface area contributed by atoms with Crippen LogP contribution in [0.5, 0.6) is 0 Å². The maximum atomic E-state index is 12.5. The van der Waals surface area contributed by atoms with Crippen LogP contribution in [0.3, 0.4) is 0 Å². The summed E-state index contributed by atoms with van der Waals surface area (Å²) in [5.41, 5.74) is 4.99. The molecule has 2 aliphatic heterocycles. The van der Waals surface area contributed by atoms with Gasteiger partial charge >= 0.3 is 238 Å². The molecule has 0 unspecified atom stereocenters. The molecular weight excluding hydrogens is 604 g/mol. The average Bonchev–Trinajstić information content (AvgIpc) is 3.76. The third-order valence-corrected chi connectivity index (χ3v) is 8.24. The fraction of sp³-hybridized carbons (Fsp3) is 0. The van der Waals surface area contributed by atoms with Crippen LogP contribution in [0.15, 0.2) is 84.9 Å². The predicted octanol–water partition coefficient (Wildman–Crippen LogP) is 5.74. The molecule has 7 aromatic rings. The first-order chi connectivity index (χ1) is 21.5. The monoisotopic (exact) mass is 620 g/mol. The van der Waals surface area contributed by atoms with Crippen LogP contribution in [0.2, 0.25) is 0 Å². The van der Waals surface area contributed by atoms with Gasteiger partial charge in [-0.25, -0.2) is 0 Å². The molecule has 11 heteroatoms. The van der Waals surface area contributed by atoms with E-state index in [4.69, 9.17) is 45.9 Å². The molecule has 0 saturated heterocycles. The first kappa shape index (κ1) is 24.8. The number of rotatable bonds is 1. The number of carboxylic acids is 1. The van der Waals surface area contributed by atoms with Crippen LogP contribution in [0.4, 0.5) is 0 Å². The normalized spacial score (nSPS) is 12.0. The molecule has 4 aromatic carbocycles. The van der Waals surface area contributed by atoms with E-state index in [1.165, 1.54) is 0 Å². The van der Waals surface area contributed by atoms with E-state index in [0.717, 1.165) is 33.0 Å². The third-order valence-electron chi connectivity index (χ3n) is 7.85. The molecule has 8 bridgehead atoms. The second-order valence-electron chi connectivity index (χ2n) is 10.4. The van der Waals surface area contributed by atoms with Crippen molar-refractivity contribution in [2.24, 2.45) is 0 Å². The van der Waals surface area contributed by atoms with E-state index in [1.54, 1.807) is 12.1 Å². The van der Waals surface area contributed by atoms with Gasteiger partial charge in [0.05, 0.1) is 0 Å². The summed E-state index contributed by atoms with van der Waals surface area (Å²) in [7, 11) is 0. The standard InChI is InChI=1S/C33H17N8O2.Cu/c42-33(43)23-15-7-14-22-24(23)32-40-30-21-13-6-5-12-20(21)28(38-30)36-26-17-9-2-1-8-16(17)25(34-26)35-27-18-10-3-4-11-19(18)29(37-27)39-31(22)41-32;/h1-14H,(H,42,43)(H2,34,35,36,37,38,39,40,41);. The Balaban J connectivity index is 1.53. The number of carboxylic acid groups (broad SMARTS) is 1. The second-order valence-corrected chi connectivity index (χ2v) is 10.9. The number of carbonyl (C=O) groups is 1. The molecule has 9 rings (SSSR count). The van der Waals surface area contributed by atoms with Gasteiger partial charge in [0, 0.05) is 0 Å². The van der Waals surface area contributed by atoms with Crippen molar-refractivity contribution in [2.45, 2.75) is 0 Å².